The topological polar surface area (TPSA) is 550 Å². The molecule has 0 saturated carbocycles. The summed E-state index contributed by atoms with van der Waals surface area (Å²) in [5, 5.41) is 101. The first-order valence-corrected chi connectivity index (χ1v) is 38.9. The summed E-state index contributed by atoms with van der Waals surface area (Å²) in [5.41, 5.74) is 2.26. The number of ether oxygens (including phenoxy) is 21. The number of nitrogens with one attached hydrogen (secondary N) is 4. The average molecular weight is 1650 g/mol. The van der Waals surface area contributed by atoms with E-state index in [-0.39, 0.29) is 149 Å². The lowest BCUT2D eigenvalue weighted by molar-refractivity contribution is -0.238. The molecule has 45 nitrogen and oxygen atoms in total. The van der Waals surface area contributed by atoms with Crippen LogP contribution in [0.4, 0.5) is 0 Å². The van der Waals surface area contributed by atoms with E-state index >= 15 is 0 Å². The molecule has 6 aliphatic heterocycles. The van der Waals surface area contributed by atoms with E-state index in [0.717, 1.165) is 12.8 Å². The van der Waals surface area contributed by atoms with Crippen LogP contribution in [0, 0.1) is 0 Å². The van der Waals surface area contributed by atoms with Crippen molar-refractivity contribution in [1.82, 2.24) is 66.2 Å². The van der Waals surface area contributed by atoms with Gasteiger partial charge in [0, 0.05) is 27.2 Å². The normalized spacial score (nSPS) is 26.9. The van der Waals surface area contributed by atoms with Crippen LogP contribution in [0.2, 0.25) is 0 Å². The SMILES string of the molecule is CC(=O)N[C@H]1[C@H]2OC[C@@](COCCOCCOCCOCCn3cc(COCC(COCc4cn(CCOCCOCCOCCOC[C@]56CO[C@@H](O5)[C@H](NC(C)=O)[C@@H](O)[C@H]6O)nn4)(COCc4cn(CCOCCOCCOCCOC[C@]56CO[C@@H](O5)[C@H](NC(C)=O)[C@@H](O)[C@H]6O)nn4)NC(=O)CCCCCN)nn3)(O2)[C@H](O)[C@@H]1O. The molecular weight excluding hydrogens is 1530 g/mol. The molecule has 9 heterocycles. The van der Waals surface area contributed by atoms with Crippen molar-refractivity contribution in [3.8, 4) is 0 Å². The molecule has 0 aromatic carbocycles. The molecule has 6 fully saturated rings. The van der Waals surface area contributed by atoms with E-state index < -0.39 is 96.0 Å². The van der Waals surface area contributed by atoms with Gasteiger partial charge in [0.1, 0.15) is 94.2 Å². The lowest BCUT2D eigenvalue weighted by Crippen LogP contribution is -2.66. The predicted molar refractivity (Wildman–Crippen MR) is 387 cm³/mol. The van der Waals surface area contributed by atoms with Gasteiger partial charge in [-0.05, 0) is 19.4 Å². The van der Waals surface area contributed by atoms with Gasteiger partial charge in [0.2, 0.25) is 23.6 Å². The highest BCUT2D eigenvalue weighted by Crippen LogP contribution is 2.40. The molecule has 654 valence electrons. The summed E-state index contributed by atoms with van der Waals surface area (Å²) in [6, 6.07) is -2.71. The predicted octanol–water partition coefficient (Wildman–Crippen LogP) is -6.96. The number of hydrogen-bond donors (Lipinski definition) is 11. The number of carbonyl (C=O) groups excluding carboxylic acids is 4. The fourth-order valence-electron chi connectivity index (χ4n) is 13.2. The van der Waals surface area contributed by atoms with Gasteiger partial charge in [-0.3, -0.25) is 19.2 Å². The van der Waals surface area contributed by atoms with Crippen LogP contribution in [0.3, 0.4) is 0 Å². The van der Waals surface area contributed by atoms with Crippen LogP contribution in [-0.4, -0.2) is 400 Å². The van der Waals surface area contributed by atoms with Crippen molar-refractivity contribution in [3.63, 3.8) is 0 Å². The summed E-state index contributed by atoms with van der Waals surface area (Å²) in [6.45, 7) is 11.1. The van der Waals surface area contributed by atoms with Gasteiger partial charge < -0.3 is 157 Å². The van der Waals surface area contributed by atoms with Crippen LogP contribution >= 0.6 is 0 Å². The molecule has 115 heavy (non-hydrogen) atoms. The van der Waals surface area contributed by atoms with Crippen molar-refractivity contribution < 1.29 is 149 Å². The molecule has 0 aliphatic carbocycles. The van der Waals surface area contributed by atoms with Crippen molar-refractivity contribution in [3.05, 3.63) is 35.7 Å². The summed E-state index contributed by atoms with van der Waals surface area (Å²) in [7, 11) is 0. The number of unbranched alkanes of at least 4 members (excludes halogenated alkanes) is 2. The quantitative estimate of drug-likeness (QED) is 0.0234. The Bertz CT molecular complexity index is 2980. The van der Waals surface area contributed by atoms with Gasteiger partial charge in [-0.15, -0.1) is 15.3 Å². The number of nitrogens with zero attached hydrogens (tertiary/aromatic N) is 9. The maximum atomic E-state index is 13.9. The Labute approximate surface area is 665 Å². The van der Waals surface area contributed by atoms with Crippen molar-refractivity contribution in [2.75, 3.05) is 205 Å². The van der Waals surface area contributed by atoms with Crippen LogP contribution in [0.1, 0.15) is 63.5 Å². The highest BCUT2D eigenvalue weighted by molar-refractivity contribution is 5.77. The van der Waals surface area contributed by atoms with Crippen LogP contribution < -0.4 is 27.0 Å². The summed E-state index contributed by atoms with van der Waals surface area (Å²) in [6.07, 6.45) is -3.10. The Balaban J connectivity index is 0.663. The van der Waals surface area contributed by atoms with Gasteiger partial charge in [-0.1, -0.05) is 22.1 Å². The highest BCUT2D eigenvalue weighted by Gasteiger charge is 2.62. The number of carbonyl (C=O) groups is 4. The third-order valence-corrected chi connectivity index (χ3v) is 19.1. The van der Waals surface area contributed by atoms with Gasteiger partial charge in [0.25, 0.3) is 0 Å². The molecule has 6 bridgehead atoms. The second-order valence-corrected chi connectivity index (χ2v) is 28.6. The number of aromatic nitrogens is 9. The fourth-order valence-corrected chi connectivity index (χ4v) is 13.2. The third kappa shape index (κ3) is 29.5. The minimum atomic E-state index is -1.34. The molecule has 9 rings (SSSR count). The second kappa shape index (κ2) is 49.0. The molecule has 4 amide bonds. The van der Waals surface area contributed by atoms with Crippen LogP contribution in [0.15, 0.2) is 18.6 Å². The van der Waals surface area contributed by atoms with E-state index in [0.29, 0.717) is 149 Å². The Morgan fingerprint density at radius 1 is 0.417 bits per heavy atom. The van der Waals surface area contributed by atoms with E-state index in [1.807, 2.05) is 0 Å². The fraction of sp³-hybridized carbons (Fsp3) is 0.857. The first-order valence-electron chi connectivity index (χ1n) is 38.9. The standard InChI is InChI=1S/C70H118N14O31/c1-48(85)72-55-58(89)61(92)68(45-110-64(55)113-68)42-104-30-27-101-24-21-98-18-15-95-12-9-82-33-51(76-79-82)36-107-39-67(75-54(88)7-5-4-6-8-71,40-108-37-52-34-83(80-77-52)10-13-96-16-19-99-22-25-102-28-31-105-43-69-46-111-65(114-69)56(73-49(2)86)59(90)62(69)93)41-109-38-53-35-84(81-78-53)11-14-97-17-20-100-23-26-103-29-32-106-44-70-47-112-66(115-70)57(74-50(3)87)60(91)63(70)94/h33-35,55-66,89-94H,4-32,36-47,71H2,1-3H3,(H,72,85)(H,73,86)(H,74,87)(H,75,88)/t55-,56-,57-,58-,59-,60-,61-,62-,63-,64+,65+,66+,68-,69-,70-/m1/s1. The molecule has 3 aromatic rings. The van der Waals surface area contributed by atoms with Gasteiger partial charge in [-0.2, -0.15) is 0 Å². The first-order chi connectivity index (χ1) is 55.7. The molecule has 0 spiro atoms. The number of aliphatic hydroxyl groups excluding tert-OH is 6. The molecule has 0 unspecified atom stereocenters. The lowest BCUT2D eigenvalue weighted by Gasteiger charge is -2.42. The van der Waals surface area contributed by atoms with E-state index in [9.17, 15) is 49.8 Å². The smallest absolute Gasteiger partial charge is 0.220 e. The Morgan fingerprint density at radius 3 is 0.974 bits per heavy atom. The van der Waals surface area contributed by atoms with Gasteiger partial charge in [0.15, 0.2) is 18.9 Å². The molecule has 12 N–H and O–H groups in total. The number of aliphatic hydroxyl groups is 6. The zero-order valence-electron chi connectivity index (χ0n) is 65.6. The third-order valence-electron chi connectivity index (χ3n) is 19.1. The minimum Gasteiger partial charge on any atom is -0.388 e. The molecule has 45 heteroatoms. The van der Waals surface area contributed by atoms with E-state index in [2.05, 4.69) is 52.2 Å². The number of hydrogen-bond acceptors (Lipinski definition) is 38. The van der Waals surface area contributed by atoms with Crippen LogP contribution in [0.5, 0.6) is 0 Å². The van der Waals surface area contributed by atoms with E-state index in [4.69, 9.17) is 105 Å². The molecular formula is C70H118N14O31. The monoisotopic (exact) mass is 1650 g/mol. The Kier molecular flexibility index (Phi) is 39.7. The number of rotatable bonds is 63. The van der Waals surface area contributed by atoms with Crippen LogP contribution in [0.25, 0.3) is 0 Å². The summed E-state index contributed by atoms with van der Waals surface area (Å²) in [4.78, 5) is 48.5. The Hall–Kier alpha value is -5.82. The summed E-state index contributed by atoms with van der Waals surface area (Å²) < 4.78 is 126. The molecule has 3 aromatic heterocycles. The van der Waals surface area contributed by atoms with Gasteiger partial charge >= 0.3 is 0 Å². The minimum absolute atomic E-state index is 0.00981. The maximum Gasteiger partial charge on any atom is 0.220 e. The van der Waals surface area contributed by atoms with Gasteiger partial charge in [0.05, 0.1) is 256 Å². The zero-order chi connectivity index (χ0) is 81.7. The summed E-state index contributed by atoms with van der Waals surface area (Å²) >= 11 is 0. The Morgan fingerprint density at radius 2 is 0.696 bits per heavy atom. The van der Waals surface area contributed by atoms with E-state index in [1.165, 1.54) is 20.8 Å². The molecule has 6 aliphatic rings. The van der Waals surface area contributed by atoms with E-state index in [1.54, 1.807) is 32.6 Å². The maximum absolute atomic E-state index is 13.9. The van der Waals surface area contributed by atoms with Crippen LogP contribution in [-0.2, 0) is 158 Å². The lowest BCUT2D eigenvalue weighted by atomic mass is 9.88. The second-order valence-electron chi connectivity index (χ2n) is 28.6. The number of fused-ring (bicyclic) bond motifs is 6. The van der Waals surface area contributed by atoms with Crippen molar-refractivity contribution in [1.29, 1.82) is 0 Å². The zero-order valence-corrected chi connectivity index (χ0v) is 65.6. The number of nitrogens with two attached hydrogens (primary N) is 1. The molecule has 0 radical (unpaired) electrons. The van der Waals surface area contributed by atoms with Crippen molar-refractivity contribution >= 4 is 23.6 Å². The molecule has 6 saturated heterocycles. The first kappa shape index (κ1) is 93.1. The summed E-state index contributed by atoms with van der Waals surface area (Å²) in [5.74, 6) is -1.42. The van der Waals surface area contributed by atoms with Crippen molar-refractivity contribution in [2.24, 2.45) is 5.73 Å². The number of amides is 4. The van der Waals surface area contributed by atoms with Gasteiger partial charge in [-0.25, -0.2) is 14.0 Å². The largest absolute Gasteiger partial charge is 0.388 e. The highest BCUT2D eigenvalue weighted by atomic mass is 16.8. The molecule has 15 atom stereocenters. The average Bonchev–Trinajstić information content (AvgIpc) is 1.62. The van der Waals surface area contributed by atoms with Crippen molar-refractivity contribution in [2.45, 2.75) is 182 Å².